The van der Waals surface area contributed by atoms with Crippen molar-refractivity contribution in [1.82, 2.24) is 14.9 Å². The minimum absolute atomic E-state index is 0.152. The number of guanidine groups is 1. The van der Waals surface area contributed by atoms with Gasteiger partial charge in [-0.05, 0) is 37.5 Å². The normalized spacial score (nSPS) is 17.2. The molecular formula is C18H28F3N5O2S. The number of anilines is 1. The average Bonchev–Trinajstić information content (AvgIpc) is 2.66. The number of rotatable bonds is 6. The van der Waals surface area contributed by atoms with E-state index in [1.807, 2.05) is 50.2 Å². The predicted molar refractivity (Wildman–Crippen MR) is 108 cm³/mol. The summed E-state index contributed by atoms with van der Waals surface area (Å²) in [6.45, 7) is 2.64. The van der Waals surface area contributed by atoms with E-state index >= 15 is 0 Å². The van der Waals surface area contributed by atoms with Crippen molar-refractivity contribution in [2.45, 2.75) is 37.9 Å². The smallest absolute Gasteiger partial charge is 0.378 e. The van der Waals surface area contributed by atoms with Gasteiger partial charge in [0.15, 0.2) is 5.96 Å². The van der Waals surface area contributed by atoms with Crippen LogP contribution in [-0.4, -0.2) is 64.0 Å². The number of nitrogens with one attached hydrogen (secondary N) is 2. The van der Waals surface area contributed by atoms with E-state index in [-0.39, 0.29) is 32.0 Å². The molecule has 2 N–H and O–H groups in total. The third-order valence-electron chi connectivity index (χ3n) is 4.62. The van der Waals surface area contributed by atoms with Gasteiger partial charge in [0.25, 0.3) is 0 Å². The third kappa shape index (κ3) is 6.23. The summed E-state index contributed by atoms with van der Waals surface area (Å²) in [5, 5.41) is 6.32. The molecule has 0 spiro atoms. The van der Waals surface area contributed by atoms with Gasteiger partial charge in [-0.15, -0.1) is 0 Å². The minimum atomic E-state index is -5.26. The number of piperidine rings is 1. The molecule has 0 radical (unpaired) electrons. The Hall–Kier alpha value is -2.01. The van der Waals surface area contributed by atoms with Gasteiger partial charge in [0.2, 0.25) is 0 Å². The Balaban J connectivity index is 1.98. The van der Waals surface area contributed by atoms with E-state index in [2.05, 4.69) is 15.6 Å². The molecule has 1 saturated heterocycles. The van der Waals surface area contributed by atoms with Crippen molar-refractivity contribution >= 4 is 21.7 Å². The van der Waals surface area contributed by atoms with Crippen LogP contribution in [0.4, 0.5) is 18.9 Å². The topological polar surface area (TPSA) is 77.0 Å². The van der Waals surface area contributed by atoms with Crippen LogP contribution in [0.1, 0.15) is 25.3 Å². The number of halogens is 3. The molecule has 1 aliphatic heterocycles. The number of alkyl halides is 3. The fraction of sp³-hybridized carbons (Fsp3) is 0.611. The molecule has 0 aliphatic carbocycles. The van der Waals surface area contributed by atoms with Crippen LogP contribution >= 0.6 is 0 Å². The standard InChI is InChI=1S/C18H28F3N5O2S/c1-4-22-17(23-13-14-6-5-7-16(12-14)25(2)3)24-15-8-10-26(11-9-15)29(27,28)18(19,20)21/h5-7,12,15H,4,8-11,13H2,1-3H3,(H2,22,23,24). The van der Waals surface area contributed by atoms with Crippen LogP contribution in [-0.2, 0) is 16.6 Å². The second-order valence-electron chi connectivity index (χ2n) is 7.03. The number of hydrogen-bond donors (Lipinski definition) is 2. The van der Waals surface area contributed by atoms with Crippen LogP contribution in [0.2, 0.25) is 0 Å². The van der Waals surface area contributed by atoms with Crippen LogP contribution < -0.4 is 15.5 Å². The van der Waals surface area contributed by atoms with Gasteiger partial charge in [-0.2, -0.15) is 17.5 Å². The van der Waals surface area contributed by atoms with E-state index in [4.69, 9.17) is 0 Å². The summed E-state index contributed by atoms with van der Waals surface area (Å²) in [4.78, 5) is 6.55. The highest BCUT2D eigenvalue weighted by Gasteiger charge is 2.50. The molecule has 1 aromatic rings. The molecule has 1 heterocycles. The fourth-order valence-electron chi connectivity index (χ4n) is 3.00. The van der Waals surface area contributed by atoms with Crippen molar-refractivity contribution < 1.29 is 21.6 Å². The summed E-state index contributed by atoms with van der Waals surface area (Å²) in [5.41, 5.74) is -3.17. The van der Waals surface area contributed by atoms with Gasteiger partial charge in [-0.25, -0.2) is 13.4 Å². The SMILES string of the molecule is CCNC(=NCc1cccc(N(C)C)c1)NC1CCN(S(=O)(=O)C(F)(F)F)CC1. The zero-order valence-corrected chi connectivity index (χ0v) is 17.6. The summed E-state index contributed by atoms with van der Waals surface area (Å²) in [6, 6.07) is 7.81. The Morgan fingerprint density at radius 3 is 2.48 bits per heavy atom. The highest BCUT2D eigenvalue weighted by atomic mass is 32.2. The highest BCUT2D eigenvalue weighted by Crippen LogP contribution is 2.28. The lowest BCUT2D eigenvalue weighted by atomic mass is 10.1. The Morgan fingerprint density at radius 2 is 1.93 bits per heavy atom. The first-order valence-corrected chi connectivity index (χ1v) is 10.9. The predicted octanol–water partition coefficient (Wildman–Crippen LogP) is 2.12. The first-order valence-electron chi connectivity index (χ1n) is 9.42. The number of hydrogen-bond acceptors (Lipinski definition) is 4. The Labute approximate surface area is 170 Å². The van der Waals surface area contributed by atoms with Gasteiger partial charge in [-0.3, -0.25) is 0 Å². The second-order valence-corrected chi connectivity index (χ2v) is 8.96. The van der Waals surface area contributed by atoms with E-state index in [9.17, 15) is 21.6 Å². The molecule has 11 heteroatoms. The maximum Gasteiger partial charge on any atom is 0.511 e. The van der Waals surface area contributed by atoms with Gasteiger partial charge >= 0.3 is 15.5 Å². The number of benzene rings is 1. The zero-order chi connectivity index (χ0) is 21.7. The molecule has 7 nitrogen and oxygen atoms in total. The molecular weight excluding hydrogens is 407 g/mol. The van der Waals surface area contributed by atoms with Crippen molar-refractivity contribution in [3.63, 3.8) is 0 Å². The monoisotopic (exact) mass is 435 g/mol. The van der Waals surface area contributed by atoms with Gasteiger partial charge < -0.3 is 15.5 Å². The average molecular weight is 436 g/mol. The van der Waals surface area contributed by atoms with Gasteiger partial charge in [-0.1, -0.05) is 12.1 Å². The van der Waals surface area contributed by atoms with E-state index in [1.54, 1.807) is 0 Å². The van der Waals surface area contributed by atoms with Crippen molar-refractivity contribution in [3.05, 3.63) is 29.8 Å². The highest BCUT2D eigenvalue weighted by molar-refractivity contribution is 7.90. The molecule has 29 heavy (non-hydrogen) atoms. The molecule has 0 unspecified atom stereocenters. The fourth-order valence-corrected chi connectivity index (χ4v) is 3.99. The van der Waals surface area contributed by atoms with E-state index in [0.29, 0.717) is 23.4 Å². The lowest BCUT2D eigenvalue weighted by Crippen LogP contribution is -2.51. The first-order chi connectivity index (χ1) is 13.5. The second kappa shape index (κ2) is 9.66. The molecule has 0 atom stereocenters. The van der Waals surface area contributed by atoms with Crippen molar-refractivity contribution in [2.75, 3.05) is 38.6 Å². The number of sulfonamides is 1. The molecule has 2 rings (SSSR count). The van der Waals surface area contributed by atoms with Crippen LogP contribution in [0, 0.1) is 0 Å². The number of aliphatic imine (C=N–C) groups is 1. The van der Waals surface area contributed by atoms with E-state index in [1.165, 1.54) is 0 Å². The summed E-state index contributed by atoms with van der Waals surface area (Å²) in [5.74, 6) is 0.555. The van der Waals surface area contributed by atoms with E-state index < -0.39 is 15.5 Å². The molecule has 0 bridgehead atoms. The summed E-state index contributed by atoms with van der Waals surface area (Å²) in [7, 11) is -1.35. The molecule has 1 aromatic carbocycles. The van der Waals surface area contributed by atoms with Gasteiger partial charge in [0, 0.05) is 45.5 Å². The quantitative estimate of drug-likeness (QED) is 0.529. The lowest BCUT2D eigenvalue weighted by molar-refractivity contribution is -0.0494. The summed E-state index contributed by atoms with van der Waals surface area (Å²) >= 11 is 0. The van der Waals surface area contributed by atoms with Crippen LogP contribution in [0.5, 0.6) is 0 Å². The van der Waals surface area contributed by atoms with Crippen LogP contribution in [0.15, 0.2) is 29.3 Å². The lowest BCUT2D eigenvalue weighted by Gasteiger charge is -2.32. The molecule has 0 amide bonds. The largest absolute Gasteiger partial charge is 0.511 e. The van der Waals surface area contributed by atoms with Crippen molar-refractivity contribution in [2.24, 2.45) is 4.99 Å². The molecule has 1 aliphatic rings. The molecule has 0 saturated carbocycles. The summed E-state index contributed by atoms with van der Waals surface area (Å²) in [6.07, 6.45) is 0.547. The Kier molecular flexibility index (Phi) is 7.75. The molecule has 164 valence electrons. The summed E-state index contributed by atoms with van der Waals surface area (Å²) < 4.78 is 61.6. The van der Waals surface area contributed by atoms with Gasteiger partial charge in [0.05, 0.1) is 6.54 Å². The zero-order valence-electron chi connectivity index (χ0n) is 16.8. The Bertz CT molecular complexity index is 804. The van der Waals surface area contributed by atoms with Crippen molar-refractivity contribution in [1.29, 1.82) is 0 Å². The number of nitrogens with zero attached hydrogens (tertiary/aromatic N) is 3. The van der Waals surface area contributed by atoms with E-state index in [0.717, 1.165) is 11.3 Å². The Morgan fingerprint density at radius 1 is 1.28 bits per heavy atom. The maximum absolute atomic E-state index is 12.7. The molecule has 1 fully saturated rings. The minimum Gasteiger partial charge on any atom is -0.378 e. The van der Waals surface area contributed by atoms with Crippen LogP contribution in [0.25, 0.3) is 0 Å². The van der Waals surface area contributed by atoms with Crippen LogP contribution in [0.3, 0.4) is 0 Å². The third-order valence-corrected chi connectivity index (χ3v) is 6.25. The first kappa shape index (κ1) is 23.3. The van der Waals surface area contributed by atoms with Crippen molar-refractivity contribution in [3.8, 4) is 0 Å². The van der Waals surface area contributed by atoms with Gasteiger partial charge in [0.1, 0.15) is 0 Å². The molecule has 0 aromatic heterocycles. The maximum atomic E-state index is 12.7.